The molecule has 0 spiro atoms. The summed E-state index contributed by atoms with van der Waals surface area (Å²) in [4.78, 5) is 23.2. The van der Waals surface area contributed by atoms with Gasteiger partial charge in [0, 0.05) is 12.1 Å². The zero-order chi connectivity index (χ0) is 19.6. The average molecular weight is 387 g/mol. The van der Waals surface area contributed by atoms with Crippen LogP contribution in [0.15, 0.2) is 48.5 Å². The van der Waals surface area contributed by atoms with E-state index in [1.54, 1.807) is 6.92 Å². The first-order valence-electron chi connectivity index (χ1n) is 7.86. The molecule has 0 saturated carbocycles. The molecule has 8 nitrogen and oxygen atoms in total. The second kappa shape index (κ2) is 7.46. The quantitative estimate of drug-likeness (QED) is 0.527. The van der Waals surface area contributed by atoms with E-state index in [1.807, 2.05) is 30.3 Å². The van der Waals surface area contributed by atoms with Gasteiger partial charge >= 0.3 is 0 Å². The van der Waals surface area contributed by atoms with Crippen molar-refractivity contribution >= 4 is 28.9 Å². The van der Waals surface area contributed by atoms with Crippen molar-refractivity contribution in [3.63, 3.8) is 0 Å². The van der Waals surface area contributed by atoms with Gasteiger partial charge in [0.05, 0.1) is 29.1 Å². The van der Waals surface area contributed by atoms with E-state index >= 15 is 0 Å². The molecule has 3 aromatic rings. The summed E-state index contributed by atoms with van der Waals surface area (Å²) in [5, 5.41) is 18.1. The van der Waals surface area contributed by atoms with Gasteiger partial charge in [0.1, 0.15) is 16.5 Å². The highest BCUT2D eigenvalue weighted by Crippen LogP contribution is 2.31. The van der Waals surface area contributed by atoms with E-state index in [-0.39, 0.29) is 27.8 Å². The van der Waals surface area contributed by atoms with E-state index in [1.165, 1.54) is 30.0 Å². The van der Waals surface area contributed by atoms with Gasteiger partial charge in [0.25, 0.3) is 11.6 Å². The number of benzene rings is 2. The number of rotatable bonds is 5. The Kier molecular flexibility index (Phi) is 5.09. The normalized spacial score (nSPS) is 10.5. The Morgan fingerprint density at radius 1 is 1.26 bits per heavy atom. The number of halogens is 1. The molecular weight excluding hydrogens is 372 g/mol. The van der Waals surface area contributed by atoms with Crippen molar-refractivity contribution < 1.29 is 14.5 Å². The number of nitrogens with zero attached hydrogens (tertiary/aromatic N) is 3. The van der Waals surface area contributed by atoms with Crippen LogP contribution in [0.2, 0.25) is 5.15 Å². The number of aromatic nitrogens is 2. The number of aryl methyl sites for hydroxylation is 1. The summed E-state index contributed by atoms with van der Waals surface area (Å²) in [6, 6.07) is 13.1. The van der Waals surface area contributed by atoms with Gasteiger partial charge in [-0.1, -0.05) is 29.8 Å². The predicted molar refractivity (Wildman–Crippen MR) is 101 cm³/mol. The summed E-state index contributed by atoms with van der Waals surface area (Å²) >= 11 is 6.38. The topological polar surface area (TPSA) is 99.3 Å². The van der Waals surface area contributed by atoms with Gasteiger partial charge in [-0.3, -0.25) is 14.9 Å². The molecule has 0 radical (unpaired) electrons. The second-order valence-electron chi connectivity index (χ2n) is 5.59. The van der Waals surface area contributed by atoms with Gasteiger partial charge in [-0.05, 0) is 25.1 Å². The standard InChI is InChI=1S/C18H15ClN4O4/c1-11-16(17(19)22(21-11)12-6-4-3-5-7-12)18(24)20-14-10-13(23(25)26)8-9-15(14)27-2/h3-10H,1-2H3,(H,20,24). The first-order valence-corrected chi connectivity index (χ1v) is 8.24. The number of hydrogen-bond acceptors (Lipinski definition) is 5. The smallest absolute Gasteiger partial charge is 0.271 e. The van der Waals surface area contributed by atoms with Crippen LogP contribution in [0.5, 0.6) is 5.75 Å². The van der Waals surface area contributed by atoms with Crippen LogP contribution in [0.4, 0.5) is 11.4 Å². The Morgan fingerprint density at radius 2 is 1.96 bits per heavy atom. The van der Waals surface area contributed by atoms with E-state index in [0.29, 0.717) is 11.4 Å². The minimum atomic E-state index is -0.555. The van der Waals surface area contributed by atoms with Crippen molar-refractivity contribution in [2.45, 2.75) is 6.92 Å². The van der Waals surface area contributed by atoms with Crippen LogP contribution in [0.25, 0.3) is 5.69 Å². The van der Waals surface area contributed by atoms with E-state index in [4.69, 9.17) is 16.3 Å². The monoisotopic (exact) mass is 386 g/mol. The van der Waals surface area contributed by atoms with Gasteiger partial charge in [-0.2, -0.15) is 5.10 Å². The molecule has 0 aliphatic heterocycles. The van der Waals surface area contributed by atoms with Crippen LogP contribution in [0, 0.1) is 17.0 Å². The lowest BCUT2D eigenvalue weighted by Crippen LogP contribution is -2.14. The van der Waals surface area contributed by atoms with Crippen molar-refractivity contribution in [1.29, 1.82) is 0 Å². The second-order valence-corrected chi connectivity index (χ2v) is 5.95. The molecule has 1 heterocycles. The number of carbonyl (C=O) groups is 1. The number of carbonyl (C=O) groups excluding carboxylic acids is 1. The Labute approximate surface area is 159 Å². The number of nitro groups is 1. The largest absolute Gasteiger partial charge is 0.495 e. The molecule has 27 heavy (non-hydrogen) atoms. The molecule has 0 bridgehead atoms. The molecule has 2 aromatic carbocycles. The molecule has 0 saturated heterocycles. The average Bonchev–Trinajstić information content (AvgIpc) is 2.96. The fraction of sp³-hybridized carbons (Fsp3) is 0.111. The zero-order valence-corrected chi connectivity index (χ0v) is 15.2. The maximum Gasteiger partial charge on any atom is 0.271 e. The molecule has 1 N–H and O–H groups in total. The van der Waals surface area contributed by atoms with E-state index in [0.717, 1.165) is 0 Å². The van der Waals surface area contributed by atoms with Gasteiger partial charge in [0.15, 0.2) is 0 Å². The fourth-order valence-corrected chi connectivity index (χ4v) is 2.95. The number of nitrogens with one attached hydrogen (secondary N) is 1. The lowest BCUT2D eigenvalue weighted by Gasteiger charge is -2.10. The molecule has 0 aliphatic rings. The maximum absolute atomic E-state index is 12.8. The van der Waals surface area contributed by atoms with E-state index in [2.05, 4.69) is 10.4 Å². The summed E-state index contributed by atoms with van der Waals surface area (Å²) < 4.78 is 6.62. The number of nitro benzene ring substituents is 1. The summed E-state index contributed by atoms with van der Waals surface area (Å²) in [7, 11) is 1.41. The number of methoxy groups -OCH3 is 1. The number of amides is 1. The third kappa shape index (κ3) is 3.61. The van der Waals surface area contributed by atoms with Crippen molar-refractivity contribution in [2.75, 3.05) is 12.4 Å². The van der Waals surface area contributed by atoms with Gasteiger partial charge in [-0.15, -0.1) is 0 Å². The Hall–Kier alpha value is -3.39. The minimum absolute atomic E-state index is 0.139. The third-order valence-corrected chi connectivity index (χ3v) is 4.22. The number of non-ortho nitro benzene ring substituents is 1. The summed E-state index contributed by atoms with van der Waals surface area (Å²) in [6.45, 7) is 1.66. The van der Waals surface area contributed by atoms with Crippen molar-refractivity contribution in [3.05, 3.63) is 75.1 Å². The molecule has 1 amide bonds. The van der Waals surface area contributed by atoms with E-state index < -0.39 is 10.8 Å². The molecule has 3 rings (SSSR count). The Balaban J connectivity index is 1.97. The third-order valence-electron chi connectivity index (χ3n) is 3.87. The molecule has 1 aromatic heterocycles. The number of anilines is 1. The summed E-state index contributed by atoms with van der Waals surface area (Å²) in [5.41, 5.74) is 1.30. The van der Waals surface area contributed by atoms with Crippen LogP contribution in [0.1, 0.15) is 16.1 Å². The molecule has 0 unspecified atom stereocenters. The SMILES string of the molecule is COc1ccc([N+](=O)[O-])cc1NC(=O)c1c(C)nn(-c2ccccc2)c1Cl. The van der Waals surface area contributed by atoms with E-state index in [9.17, 15) is 14.9 Å². The molecular formula is C18H15ClN4O4. The minimum Gasteiger partial charge on any atom is -0.495 e. The van der Waals surface area contributed by atoms with Gasteiger partial charge in [0.2, 0.25) is 0 Å². The predicted octanol–water partition coefficient (Wildman–Crippen LogP) is 4.00. The summed E-state index contributed by atoms with van der Waals surface area (Å²) in [5.74, 6) is -0.253. The lowest BCUT2D eigenvalue weighted by atomic mass is 10.2. The zero-order valence-electron chi connectivity index (χ0n) is 14.5. The van der Waals surface area contributed by atoms with Crippen molar-refractivity contribution in [2.24, 2.45) is 0 Å². The lowest BCUT2D eigenvalue weighted by molar-refractivity contribution is -0.384. The molecule has 0 aliphatic carbocycles. The molecule has 0 fully saturated rings. The van der Waals surface area contributed by atoms with Crippen LogP contribution >= 0.6 is 11.6 Å². The first kappa shape index (κ1) is 18.4. The summed E-state index contributed by atoms with van der Waals surface area (Å²) in [6.07, 6.45) is 0. The van der Waals surface area contributed by atoms with Crippen LogP contribution in [-0.2, 0) is 0 Å². The van der Waals surface area contributed by atoms with Crippen molar-refractivity contribution in [1.82, 2.24) is 9.78 Å². The van der Waals surface area contributed by atoms with Gasteiger partial charge < -0.3 is 10.1 Å². The van der Waals surface area contributed by atoms with Crippen molar-refractivity contribution in [3.8, 4) is 11.4 Å². The van der Waals surface area contributed by atoms with Gasteiger partial charge in [-0.25, -0.2) is 4.68 Å². The molecule has 138 valence electrons. The number of para-hydroxylation sites is 1. The molecule has 0 atom stereocenters. The highest BCUT2D eigenvalue weighted by atomic mass is 35.5. The fourth-order valence-electron chi connectivity index (χ4n) is 2.59. The maximum atomic E-state index is 12.8. The Bertz CT molecular complexity index is 1020. The van der Waals surface area contributed by atoms with Crippen LogP contribution in [-0.4, -0.2) is 27.7 Å². The first-order chi connectivity index (χ1) is 12.9. The highest BCUT2D eigenvalue weighted by Gasteiger charge is 2.23. The van der Waals surface area contributed by atoms with Crippen LogP contribution in [0.3, 0.4) is 0 Å². The van der Waals surface area contributed by atoms with Crippen LogP contribution < -0.4 is 10.1 Å². The molecule has 9 heteroatoms. The number of hydrogen-bond donors (Lipinski definition) is 1. The number of ether oxygens (including phenoxy) is 1. The highest BCUT2D eigenvalue weighted by molar-refractivity contribution is 6.34. The Morgan fingerprint density at radius 3 is 2.59 bits per heavy atom.